The number of anilines is 1. The maximum absolute atomic E-state index is 13.1. The number of aryl methyl sites for hydroxylation is 2. The number of nitrogens with zero attached hydrogens (tertiary/aromatic N) is 8. The molecule has 2 N–H and O–H groups in total. The van der Waals surface area contributed by atoms with E-state index in [0.717, 1.165) is 50.0 Å². The number of aromatic nitrogens is 8. The normalized spacial score (nSPS) is 17.5. The summed E-state index contributed by atoms with van der Waals surface area (Å²) in [5, 5.41) is 18.3. The van der Waals surface area contributed by atoms with Crippen molar-refractivity contribution in [1.29, 1.82) is 0 Å². The number of amides is 1. The van der Waals surface area contributed by atoms with Gasteiger partial charge >= 0.3 is 0 Å². The zero-order valence-electron chi connectivity index (χ0n) is 21.9. The molecule has 0 aromatic carbocycles. The van der Waals surface area contributed by atoms with Crippen LogP contribution in [-0.2, 0) is 24.7 Å². The Morgan fingerprint density at radius 2 is 1.81 bits per heavy atom. The quantitative estimate of drug-likeness (QED) is 0.445. The Balaban J connectivity index is 1.32. The van der Waals surface area contributed by atoms with Crippen molar-refractivity contribution in [2.45, 2.75) is 71.1 Å². The molecule has 0 unspecified atom stereocenters. The molecule has 0 spiro atoms. The number of fused-ring (bicyclic) bond motifs is 1. The molecule has 1 amide bonds. The second kappa shape index (κ2) is 11.4. The van der Waals surface area contributed by atoms with Crippen molar-refractivity contribution >= 4 is 22.9 Å². The van der Waals surface area contributed by atoms with Gasteiger partial charge in [0.05, 0.1) is 12.1 Å². The fourth-order valence-corrected chi connectivity index (χ4v) is 5.90. The minimum Gasteiger partial charge on any atom is -0.342 e. The lowest BCUT2D eigenvalue weighted by Gasteiger charge is -2.36. The summed E-state index contributed by atoms with van der Waals surface area (Å²) in [6.07, 6.45) is 10.0. The Bertz CT molecular complexity index is 1240. The number of tetrazole rings is 1. The zero-order valence-corrected chi connectivity index (χ0v) is 21.9. The van der Waals surface area contributed by atoms with Crippen LogP contribution in [0.1, 0.15) is 69.8 Å². The van der Waals surface area contributed by atoms with Crippen LogP contribution in [-0.4, -0.2) is 77.4 Å². The zero-order chi connectivity index (χ0) is 25.8. The molecular formula is C25H38N10O2. The second-order valence-corrected chi connectivity index (χ2v) is 10.6. The highest BCUT2D eigenvalue weighted by molar-refractivity contribution is 5.78. The van der Waals surface area contributed by atoms with Crippen LogP contribution in [0.4, 0.5) is 5.95 Å². The Hall–Kier alpha value is -3.31. The third-order valence-electron chi connectivity index (χ3n) is 7.88. The van der Waals surface area contributed by atoms with Crippen molar-refractivity contribution in [2.75, 3.05) is 31.1 Å². The molecule has 0 bridgehead atoms. The van der Waals surface area contributed by atoms with Crippen molar-refractivity contribution in [2.24, 2.45) is 18.9 Å². The number of nitrogens with one attached hydrogen (secondary N) is 2. The molecule has 1 aliphatic heterocycles. The lowest BCUT2D eigenvalue weighted by molar-refractivity contribution is -0.131. The minimum atomic E-state index is -0.132. The number of aromatic amines is 2. The molecule has 200 valence electrons. The molecule has 0 radical (unpaired) electrons. The second-order valence-electron chi connectivity index (χ2n) is 10.6. The summed E-state index contributed by atoms with van der Waals surface area (Å²) in [5.41, 5.74) is 2.02. The van der Waals surface area contributed by atoms with Gasteiger partial charge in [-0.05, 0) is 43.9 Å². The monoisotopic (exact) mass is 510 g/mol. The van der Waals surface area contributed by atoms with E-state index >= 15 is 0 Å². The summed E-state index contributed by atoms with van der Waals surface area (Å²) in [7, 11) is 1.81. The van der Waals surface area contributed by atoms with Crippen LogP contribution in [0.25, 0.3) is 11.0 Å². The minimum absolute atomic E-state index is 0.0374. The smallest absolute Gasteiger partial charge is 0.278 e. The lowest BCUT2D eigenvalue weighted by atomic mass is 9.88. The first-order valence-corrected chi connectivity index (χ1v) is 13.7. The van der Waals surface area contributed by atoms with Crippen LogP contribution in [0.2, 0.25) is 0 Å². The summed E-state index contributed by atoms with van der Waals surface area (Å²) in [6.45, 7) is 5.26. The molecule has 37 heavy (non-hydrogen) atoms. The molecule has 5 rings (SSSR count). The average molecular weight is 511 g/mol. The summed E-state index contributed by atoms with van der Waals surface area (Å²) in [4.78, 5) is 38.1. The molecule has 12 nitrogen and oxygen atoms in total. The Kier molecular flexibility index (Phi) is 7.80. The third-order valence-corrected chi connectivity index (χ3v) is 7.88. The first-order chi connectivity index (χ1) is 18.0. The predicted octanol–water partition coefficient (Wildman–Crippen LogP) is 1.99. The van der Waals surface area contributed by atoms with E-state index in [1.807, 2.05) is 11.9 Å². The van der Waals surface area contributed by atoms with Crippen LogP contribution in [0.3, 0.4) is 0 Å². The fraction of sp³-hybridized carbons (Fsp3) is 0.720. The highest BCUT2D eigenvalue weighted by atomic mass is 16.2. The van der Waals surface area contributed by atoms with E-state index in [-0.39, 0.29) is 17.9 Å². The number of rotatable bonds is 9. The van der Waals surface area contributed by atoms with Crippen LogP contribution in [0.15, 0.2) is 4.79 Å². The van der Waals surface area contributed by atoms with E-state index in [1.54, 1.807) is 4.68 Å². The third kappa shape index (κ3) is 5.83. The van der Waals surface area contributed by atoms with E-state index in [4.69, 9.17) is 4.98 Å². The van der Waals surface area contributed by atoms with Gasteiger partial charge in [0.1, 0.15) is 5.52 Å². The molecule has 4 heterocycles. The van der Waals surface area contributed by atoms with E-state index in [2.05, 4.69) is 42.5 Å². The van der Waals surface area contributed by atoms with E-state index < -0.39 is 0 Å². The summed E-state index contributed by atoms with van der Waals surface area (Å²) < 4.78 is 1.66. The summed E-state index contributed by atoms with van der Waals surface area (Å²) in [5.74, 6) is 2.15. The number of piperidine rings is 1. The van der Waals surface area contributed by atoms with Gasteiger partial charge in [-0.3, -0.25) is 19.3 Å². The molecule has 1 saturated carbocycles. The van der Waals surface area contributed by atoms with Gasteiger partial charge in [-0.2, -0.15) is 10.3 Å². The van der Waals surface area contributed by atoms with Crippen molar-refractivity contribution in [3.63, 3.8) is 0 Å². The first-order valence-electron chi connectivity index (χ1n) is 13.7. The highest BCUT2D eigenvalue weighted by Crippen LogP contribution is 2.28. The molecule has 3 aromatic rings. The van der Waals surface area contributed by atoms with E-state index in [9.17, 15) is 9.59 Å². The molecule has 2 aliphatic rings. The van der Waals surface area contributed by atoms with Crippen molar-refractivity contribution in [1.82, 2.24) is 45.3 Å². The Morgan fingerprint density at radius 3 is 2.49 bits per heavy atom. The number of carbonyl (C=O) groups excluding carboxylic acids is 1. The summed E-state index contributed by atoms with van der Waals surface area (Å²) >= 11 is 0. The molecule has 1 saturated heterocycles. The maximum atomic E-state index is 13.1. The fourth-order valence-electron chi connectivity index (χ4n) is 5.90. The van der Waals surface area contributed by atoms with Gasteiger partial charge in [0.15, 0.2) is 11.3 Å². The first kappa shape index (κ1) is 25.3. The number of likely N-dealkylation sites (tertiary alicyclic amines) is 1. The molecule has 2 fully saturated rings. The Morgan fingerprint density at radius 1 is 1.08 bits per heavy atom. The maximum Gasteiger partial charge on any atom is 0.278 e. The largest absolute Gasteiger partial charge is 0.342 e. The van der Waals surface area contributed by atoms with Crippen LogP contribution < -0.4 is 10.5 Å². The van der Waals surface area contributed by atoms with Crippen molar-refractivity contribution in [3.05, 3.63) is 21.9 Å². The van der Waals surface area contributed by atoms with Gasteiger partial charge in [0, 0.05) is 33.2 Å². The predicted molar refractivity (Wildman–Crippen MR) is 139 cm³/mol. The van der Waals surface area contributed by atoms with Gasteiger partial charge < -0.3 is 9.80 Å². The van der Waals surface area contributed by atoms with Crippen LogP contribution in [0, 0.1) is 11.8 Å². The average Bonchev–Trinajstić information content (AvgIpc) is 3.52. The molecular weight excluding hydrogens is 472 g/mol. The van der Waals surface area contributed by atoms with E-state index in [1.165, 1.54) is 32.1 Å². The summed E-state index contributed by atoms with van der Waals surface area (Å²) in [6, 6.07) is 0. The SMILES string of the molecule is CCCc1nn(C)c2c(=O)[nH]c(N(CC3CCCCC3)CC3CCN(C(=O)Cc4nn[nH]n4)CC3)nc12. The van der Waals surface area contributed by atoms with Gasteiger partial charge in [0.2, 0.25) is 11.9 Å². The molecule has 1 aliphatic carbocycles. The van der Waals surface area contributed by atoms with Crippen LogP contribution >= 0.6 is 0 Å². The standard InChI is InChI=1S/C25H38N10O2/c1-3-7-19-22-23(33(2)30-19)24(37)27-25(26-22)35(15-17-8-5-4-6-9-17)16-18-10-12-34(13-11-18)21(36)14-20-28-31-32-29-20/h17-18H,3-16H2,1-2H3,(H,26,27,37)(H,28,29,31,32). The molecule has 12 heteroatoms. The van der Waals surface area contributed by atoms with Crippen LogP contribution in [0.5, 0.6) is 0 Å². The molecule has 0 atom stereocenters. The highest BCUT2D eigenvalue weighted by Gasteiger charge is 2.28. The lowest BCUT2D eigenvalue weighted by Crippen LogP contribution is -2.43. The van der Waals surface area contributed by atoms with Gasteiger partial charge in [0.25, 0.3) is 5.56 Å². The van der Waals surface area contributed by atoms with Gasteiger partial charge in [-0.1, -0.05) is 37.8 Å². The molecule has 3 aromatic heterocycles. The topological polar surface area (TPSA) is 142 Å². The number of H-pyrrole nitrogens is 2. The van der Waals surface area contributed by atoms with Crippen molar-refractivity contribution in [3.8, 4) is 0 Å². The number of hydrogen-bond acceptors (Lipinski definition) is 8. The van der Waals surface area contributed by atoms with E-state index in [0.29, 0.717) is 42.2 Å². The van der Waals surface area contributed by atoms with Gasteiger partial charge in [-0.25, -0.2) is 4.98 Å². The number of hydrogen-bond donors (Lipinski definition) is 2. The number of carbonyl (C=O) groups is 1. The van der Waals surface area contributed by atoms with Gasteiger partial charge in [-0.15, -0.1) is 10.2 Å². The Labute approximate surface area is 216 Å². The van der Waals surface area contributed by atoms with Crippen molar-refractivity contribution < 1.29 is 4.79 Å².